The highest BCUT2D eigenvalue weighted by Crippen LogP contribution is 2.44. The molecule has 0 unspecified atom stereocenters. The van der Waals surface area contributed by atoms with Gasteiger partial charge in [-0.05, 0) is 61.8 Å². The van der Waals surface area contributed by atoms with Gasteiger partial charge in [0.25, 0.3) is 0 Å². The third-order valence-electron chi connectivity index (χ3n) is 4.72. The number of carbonyl (C=O) groups excluding carboxylic acids is 1. The topological polar surface area (TPSA) is 38.3 Å². The highest BCUT2D eigenvalue weighted by molar-refractivity contribution is 6.30. The standard InChI is InChI=1S/C17H22ClNO2/c18-14-5-7-15(8-6-14)21-9-1-2-17(20)19-16-11-12-3-4-13(16)10-12/h5-8,12-13,16H,1-4,9-11H2,(H,19,20)/t12-,13-,16+/m0/s1. The number of carbonyl (C=O) groups is 1. The number of hydrogen-bond donors (Lipinski definition) is 1. The van der Waals surface area contributed by atoms with Crippen molar-refractivity contribution in [1.29, 1.82) is 0 Å². The molecule has 2 aliphatic carbocycles. The van der Waals surface area contributed by atoms with Crippen molar-refractivity contribution in [1.82, 2.24) is 5.32 Å². The lowest BCUT2D eigenvalue weighted by Gasteiger charge is -2.22. The monoisotopic (exact) mass is 307 g/mol. The van der Waals surface area contributed by atoms with E-state index in [2.05, 4.69) is 5.32 Å². The number of amides is 1. The predicted molar refractivity (Wildman–Crippen MR) is 83.6 cm³/mol. The molecule has 3 nitrogen and oxygen atoms in total. The first-order chi connectivity index (χ1) is 10.2. The van der Waals surface area contributed by atoms with Crippen LogP contribution < -0.4 is 10.1 Å². The molecule has 0 radical (unpaired) electrons. The first-order valence-corrected chi connectivity index (χ1v) is 8.26. The van der Waals surface area contributed by atoms with Gasteiger partial charge in [0.1, 0.15) is 5.75 Å². The summed E-state index contributed by atoms with van der Waals surface area (Å²) in [6.45, 7) is 0.561. The van der Waals surface area contributed by atoms with E-state index in [-0.39, 0.29) is 5.91 Å². The molecular weight excluding hydrogens is 286 g/mol. The summed E-state index contributed by atoms with van der Waals surface area (Å²) in [6.07, 6.45) is 6.47. The molecular formula is C17H22ClNO2. The Balaban J connectivity index is 1.32. The van der Waals surface area contributed by atoms with Crippen LogP contribution in [0.4, 0.5) is 0 Å². The van der Waals surface area contributed by atoms with Crippen LogP contribution in [0.25, 0.3) is 0 Å². The summed E-state index contributed by atoms with van der Waals surface area (Å²) in [7, 11) is 0. The third kappa shape index (κ3) is 3.91. The van der Waals surface area contributed by atoms with Crippen molar-refractivity contribution in [2.24, 2.45) is 11.8 Å². The molecule has 0 aliphatic heterocycles. The van der Waals surface area contributed by atoms with Crippen molar-refractivity contribution in [2.45, 2.75) is 44.6 Å². The summed E-state index contributed by atoms with van der Waals surface area (Å²) >= 11 is 5.81. The van der Waals surface area contributed by atoms with Gasteiger partial charge in [0.2, 0.25) is 5.91 Å². The van der Waals surface area contributed by atoms with E-state index in [1.54, 1.807) is 12.1 Å². The Morgan fingerprint density at radius 1 is 1.24 bits per heavy atom. The molecule has 1 aromatic rings. The predicted octanol–water partition coefficient (Wildman–Crippen LogP) is 3.80. The van der Waals surface area contributed by atoms with Crippen molar-refractivity contribution in [2.75, 3.05) is 6.61 Å². The van der Waals surface area contributed by atoms with Crippen molar-refractivity contribution in [3.63, 3.8) is 0 Å². The second-order valence-corrected chi connectivity index (χ2v) is 6.69. The van der Waals surface area contributed by atoms with E-state index in [9.17, 15) is 4.79 Å². The first-order valence-electron chi connectivity index (χ1n) is 7.88. The average molecular weight is 308 g/mol. The fourth-order valence-electron chi connectivity index (χ4n) is 3.65. The minimum absolute atomic E-state index is 0.173. The molecule has 0 aromatic heterocycles. The van der Waals surface area contributed by atoms with Crippen LogP contribution in [-0.2, 0) is 4.79 Å². The lowest BCUT2D eigenvalue weighted by Crippen LogP contribution is -2.38. The Labute approximate surface area is 131 Å². The second kappa shape index (κ2) is 6.69. The Hall–Kier alpha value is -1.22. The van der Waals surface area contributed by atoms with E-state index in [1.807, 2.05) is 12.1 Å². The van der Waals surface area contributed by atoms with Gasteiger partial charge in [0.05, 0.1) is 6.61 Å². The first kappa shape index (κ1) is 14.7. The summed E-state index contributed by atoms with van der Waals surface area (Å²) in [6, 6.07) is 7.74. The molecule has 114 valence electrons. The SMILES string of the molecule is O=C(CCCOc1ccc(Cl)cc1)N[C@@H]1C[C@H]2CC[C@H]1C2. The summed E-state index contributed by atoms with van der Waals surface area (Å²) < 4.78 is 5.59. The molecule has 1 aromatic carbocycles. The van der Waals surface area contributed by atoms with E-state index in [1.165, 1.54) is 25.7 Å². The lowest BCUT2D eigenvalue weighted by molar-refractivity contribution is -0.122. The van der Waals surface area contributed by atoms with Gasteiger partial charge < -0.3 is 10.1 Å². The molecule has 2 fully saturated rings. The Bertz CT molecular complexity index is 488. The van der Waals surface area contributed by atoms with E-state index >= 15 is 0 Å². The third-order valence-corrected chi connectivity index (χ3v) is 4.97. The highest BCUT2D eigenvalue weighted by Gasteiger charge is 2.39. The van der Waals surface area contributed by atoms with Gasteiger partial charge >= 0.3 is 0 Å². The lowest BCUT2D eigenvalue weighted by atomic mass is 9.95. The largest absolute Gasteiger partial charge is 0.494 e. The summed E-state index contributed by atoms with van der Waals surface area (Å²) in [4.78, 5) is 11.9. The van der Waals surface area contributed by atoms with Crippen LogP contribution in [0.5, 0.6) is 5.75 Å². The van der Waals surface area contributed by atoms with Crippen LogP contribution in [0.2, 0.25) is 5.02 Å². The zero-order valence-corrected chi connectivity index (χ0v) is 12.9. The summed E-state index contributed by atoms with van der Waals surface area (Å²) in [5.74, 6) is 2.58. The molecule has 2 bridgehead atoms. The summed E-state index contributed by atoms with van der Waals surface area (Å²) in [5.41, 5.74) is 0. The summed E-state index contributed by atoms with van der Waals surface area (Å²) in [5, 5.41) is 3.91. The number of rotatable bonds is 6. The van der Waals surface area contributed by atoms with Crippen LogP contribution in [0, 0.1) is 11.8 Å². The molecule has 4 heteroatoms. The van der Waals surface area contributed by atoms with Gasteiger partial charge in [-0.3, -0.25) is 4.79 Å². The average Bonchev–Trinajstić information content (AvgIpc) is 3.08. The number of nitrogens with one attached hydrogen (secondary N) is 1. The maximum Gasteiger partial charge on any atom is 0.220 e. The van der Waals surface area contributed by atoms with Crippen LogP contribution in [-0.4, -0.2) is 18.6 Å². The maximum atomic E-state index is 11.9. The van der Waals surface area contributed by atoms with Gasteiger partial charge in [-0.25, -0.2) is 0 Å². The molecule has 1 amide bonds. The maximum absolute atomic E-state index is 11.9. The van der Waals surface area contributed by atoms with Crippen molar-refractivity contribution in [3.05, 3.63) is 29.3 Å². The van der Waals surface area contributed by atoms with Crippen LogP contribution in [0.1, 0.15) is 38.5 Å². The zero-order chi connectivity index (χ0) is 14.7. The molecule has 3 rings (SSSR count). The number of hydrogen-bond acceptors (Lipinski definition) is 2. The second-order valence-electron chi connectivity index (χ2n) is 6.25. The van der Waals surface area contributed by atoms with E-state index in [0.717, 1.165) is 24.0 Å². The van der Waals surface area contributed by atoms with E-state index in [0.29, 0.717) is 24.1 Å². The fourth-order valence-corrected chi connectivity index (χ4v) is 3.78. The van der Waals surface area contributed by atoms with Crippen molar-refractivity contribution < 1.29 is 9.53 Å². The molecule has 0 spiro atoms. The van der Waals surface area contributed by atoms with Gasteiger partial charge in [0.15, 0.2) is 0 Å². The quantitative estimate of drug-likeness (QED) is 0.812. The zero-order valence-electron chi connectivity index (χ0n) is 12.2. The number of fused-ring (bicyclic) bond motifs is 2. The van der Waals surface area contributed by atoms with Crippen molar-refractivity contribution >= 4 is 17.5 Å². The molecule has 0 heterocycles. The van der Waals surface area contributed by atoms with Gasteiger partial charge in [-0.15, -0.1) is 0 Å². The van der Waals surface area contributed by atoms with Gasteiger partial charge in [0, 0.05) is 17.5 Å². The normalized spacial score (nSPS) is 26.8. The van der Waals surface area contributed by atoms with E-state index < -0.39 is 0 Å². The molecule has 1 N–H and O–H groups in total. The van der Waals surface area contributed by atoms with Crippen LogP contribution >= 0.6 is 11.6 Å². The molecule has 21 heavy (non-hydrogen) atoms. The van der Waals surface area contributed by atoms with E-state index in [4.69, 9.17) is 16.3 Å². The Morgan fingerprint density at radius 2 is 2.05 bits per heavy atom. The smallest absolute Gasteiger partial charge is 0.220 e. The number of benzene rings is 1. The van der Waals surface area contributed by atoms with Gasteiger partial charge in [-0.2, -0.15) is 0 Å². The molecule has 2 saturated carbocycles. The minimum atomic E-state index is 0.173. The van der Waals surface area contributed by atoms with Crippen LogP contribution in [0.15, 0.2) is 24.3 Å². The Morgan fingerprint density at radius 3 is 2.71 bits per heavy atom. The number of halogens is 1. The fraction of sp³-hybridized carbons (Fsp3) is 0.588. The Kier molecular flexibility index (Phi) is 4.69. The molecule has 0 saturated heterocycles. The van der Waals surface area contributed by atoms with Crippen molar-refractivity contribution in [3.8, 4) is 5.75 Å². The molecule has 3 atom stereocenters. The minimum Gasteiger partial charge on any atom is -0.494 e. The highest BCUT2D eigenvalue weighted by atomic mass is 35.5. The number of ether oxygens (including phenoxy) is 1. The van der Waals surface area contributed by atoms with Crippen LogP contribution in [0.3, 0.4) is 0 Å². The van der Waals surface area contributed by atoms with Gasteiger partial charge in [-0.1, -0.05) is 18.0 Å². The molecule has 2 aliphatic rings.